The van der Waals surface area contributed by atoms with E-state index in [9.17, 15) is 5.11 Å². The molecule has 2 aromatic rings. The molecule has 0 saturated heterocycles. The van der Waals surface area contributed by atoms with E-state index >= 15 is 0 Å². The monoisotopic (exact) mass is 287 g/mol. The molecular formula is C15H14ClN3O. The summed E-state index contributed by atoms with van der Waals surface area (Å²) >= 11 is 5.81. The van der Waals surface area contributed by atoms with E-state index in [-0.39, 0.29) is 6.04 Å². The number of hydrogen-bond donors (Lipinski definition) is 2. The first kappa shape index (κ1) is 13.1. The van der Waals surface area contributed by atoms with Crippen LogP contribution < -0.4 is 5.43 Å². The Hall–Kier alpha value is -1.91. The molecule has 0 aromatic heterocycles. The van der Waals surface area contributed by atoms with Gasteiger partial charge in [0, 0.05) is 11.4 Å². The fourth-order valence-corrected chi connectivity index (χ4v) is 2.49. The lowest BCUT2D eigenvalue weighted by Crippen LogP contribution is -2.11. The summed E-state index contributed by atoms with van der Waals surface area (Å²) in [5.41, 5.74) is 5.82. The Kier molecular flexibility index (Phi) is 3.67. The first-order valence-corrected chi connectivity index (χ1v) is 6.79. The second-order valence-corrected chi connectivity index (χ2v) is 5.19. The van der Waals surface area contributed by atoms with E-state index in [2.05, 4.69) is 15.8 Å². The Labute approximate surface area is 122 Å². The van der Waals surface area contributed by atoms with Crippen molar-refractivity contribution in [3.8, 4) is 0 Å². The second-order valence-electron chi connectivity index (χ2n) is 4.75. The van der Waals surface area contributed by atoms with Gasteiger partial charge < -0.3 is 5.11 Å². The van der Waals surface area contributed by atoms with Gasteiger partial charge in [0.2, 0.25) is 0 Å². The molecule has 5 heteroatoms. The van der Waals surface area contributed by atoms with E-state index in [0.29, 0.717) is 11.4 Å². The highest BCUT2D eigenvalue weighted by molar-refractivity contribution is 6.30. The summed E-state index contributed by atoms with van der Waals surface area (Å²) in [4.78, 5) is 0. The van der Waals surface area contributed by atoms with Crippen molar-refractivity contribution in [1.82, 2.24) is 0 Å². The summed E-state index contributed by atoms with van der Waals surface area (Å²) in [6, 6.07) is 14.8. The smallest absolute Gasteiger partial charge is 0.124 e. The molecule has 0 aliphatic heterocycles. The van der Waals surface area contributed by atoms with Crippen LogP contribution in [0.25, 0.3) is 0 Å². The van der Waals surface area contributed by atoms with Gasteiger partial charge in [-0.25, -0.2) is 0 Å². The summed E-state index contributed by atoms with van der Waals surface area (Å²) < 4.78 is 0. The van der Waals surface area contributed by atoms with Crippen LogP contribution in [0.5, 0.6) is 0 Å². The van der Waals surface area contributed by atoms with Crippen LogP contribution in [0.4, 0.5) is 5.69 Å². The zero-order valence-electron chi connectivity index (χ0n) is 10.7. The number of anilines is 1. The van der Waals surface area contributed by atoms with Crippen LogP contribution >= 0.6 is 11.6 Å². The van der Waals surface area contributed by atoms with Crippen LogP contribution in [0.15, 0.2) is 58.9 Å². The quantitative estimate of drug-likeness (QED) is 0.667. The highest BCUT2D eigenvalue weighted by Gasteiger charge is 2.30. The third kappa shape index (κ3) is 2.66. The molecule has 0 heterocycles. The van der Waals surface area contributed by atoms with Gasteiger partial charge in [0.25, 0.3) is 0 Å². The average Bonchev–Trinajstić information content (AvgIpc) is 2.77. The molecule has 2 N–H and O–H groups in total. The molecule has 0 unspecified atom stereocenters. The Balaban J connectivity index is 1.71. The standard InChI is InChI=1S/C15H14ClN3O/c16-11-5-7-12(8-6-11)17-19-18-15-13-4-2-1-3-10(13)9-14(15)20/h1-8,14-15,20H,9H2,(H,17,18)/t14-,15+/m1/s1. The Morgan fingerprint density at radius 1 is 1.10 bits per heavy atom. The lowest BCUT2D eigenvalue weighted by atomic mass is 10.1. The summed E-state index contributed by atoms with van der Waals surface area (Å²) in [5, 5.41) is 18.9. The minimum absolute atomic E-state index is 0.300. The van der Waals surface area contributed by atoms with Gasteiger partial charge in [-0.15, -0.1) is 0 Å². The number of fused-ring (bicyclic) bond motifs is 1. The molecule has 0 saturated carbocycles. The Bertz CT molecular complexity index is 627. The normalized spacial score (nSPS) is 21.1. The summed E-state index contributed by atoms with van der Waals surface area (Å²) in [6.07, 6.45) is 0.115. The topological polar surface area (TPSA) is 57.0 Å². The van der Waals surface area contributed by atoms with Crippen molar-refractivity contribution >= 4 is 17.3 Å². The molecule has 0 radical (unpaired) electrons. The van der Waals surface area contributed by atoms with Crippen molar-refractivity contribution in [3.05, 3.63) is 64.7 Å². The van der Waals surface area contributed by atoms with Gasteiger partial charge in [0.1, 0.15) is 6.04 Å². The number of halogens is 1. The maximum Gasteiger partial charge on any atom is 0.124 e. The lowest BCUT2D eigenvalue weighted by molar-refractivity contribution is 0.156. The van der Waals surface area contributed by atoms with Gasteiger partial charge in [0.15, 0.2) is 0 Å². The van der Waals surface area contributed by atoms with Crippen molar-refractivity contribution in [1.29, 1.82) is 0 Å². The largest absolute Gasteiger partial charge is 0.390 e. The number of benzene rings is 2. The van der Waals surface area contributed by atoms with E-state index in [1.165, 1.54) is 0 Å². The van der Waals surface area contributed by atoms with Crippen molar-refractivity contribution < 1.29 is 5.11 Å². The number of nitrogens with zero attached hydrogens (tertiary/aromatic N) is 2. The average molecular weight is 288 g/mol. The van der Waals surface area contributed by atoms with Gasteiger partial charge in [-0.2, -0.15) is 5.11 Å². The Morgan fingerprint density at radius 2 is 1.85 bits per heavy atom. The van der Waals surface area contributed by atoms with Crippen LogP contribution in [0.3, 0.4) is 0 Å². The van der Waals surface area contributed by atoms with Crippen LogP contribution in [0.2, 0.25) is 5.02 Å². The molecule has 0 bridgehead atoms. The third-order valence-electron chi connectivity index (χ3n) is 3.37. The molecule has 1 aliphatic rings. The highest BCUT2D eigenvalue weighted by atomic mass is 35.5. The van der Waals surface area contributed by atoms with Crippen molar-refractivity contribution in [3.63, 3.8) is 0 Å². The van der Waals surface area contributed by atoms with E-state index < -0.39 is 6.10 Å². The molecule has 20 heavy (non-hydrogen) atoms. The number of aliphatic hydroxyl groups is 1. The number of rotatable bonds is 3. The third-order valence-corrected chi connectivity index (χ3v) is 3.62. The van der Waals surface area contributed by atoms with Crippen molar-refractivity contribution in [2.75, 3.05) is 5.43 Å². The predicted molar refractivity (Wildman–Crippen MR) is 78.8 cm³/mol. The highest BCUT2D eigenvalue weighted by Crippen LogP contribution is 2.34. The van der Waals surface area contributed by atoms with Crippen LogP contribution in [0.1, 0.15) is 17.2 Å². The molecule has 0 amide bonds. The molecule has 0 spiro atoms. The van der Waals surface area contributed by atoms with E-state index in [1.807, 2.05) is 36.4 Å². The minimum atomic E-state index is -0.511. The zero-order valence-corrected chi connectivity index (χ0v) is 11.5. The maximum atomic E-state index is 10.0. The SMILES string of the molecule is O[C@@H]1Cc2ccccc2[C@@H]1N=NNc1ccc(Cl)cc1. The van der Waals surface area contributed by atoms with Gasteiger partial charge in [-0.1, -0.05) is 41.1 Å². The van der Waals surface area contributed by atoms with Gasteiger partial charge >= 0.3 is 0 Å². The fourth-order valence-electron chi connectivity index (χ4n) is 2.37. The first-order valence-electron chi connectivity index (χ1n) is 6.41. The van der Waals surface area contributed by atoms with E-state index in [4.69, 9.17) is 11.6 Å². The molecule has 3 rings (SSSR count). The summed E-state index contributed by atoms with van der Waals surface area (Å²) in [6.45, 7) is 0. The van der Waals surface area contributed by atoms with Crippen molar-refractivity contribution in [2.45, 2.75) is 18.6 Å². The molecule has 4 nitrogen and oxygen atoms in total. The summed E-state index contributed by atoms with van der Waals surface area (Å²) in [7, 11) is 0. The van der Waals surface area contributed by atoms with Crippen LogP contribution in [-0.4, -0.2) is 11.2 Å². The molecular weight excluding hydrogens is 274 g/mol. The van der Waals surface area contributed by atoms with E-state index in [1.54, 1.807) is 12.1 Å². The number of hydrogen-bond acceptors (Lipinski definition) is 3. The maximum absolute atomic E-state index is 10.0. The fraction of sp³-hybridized carbons (Fsp3) is 0.200. The van der Waals surface area contributed by atoms with Crippen LogP contribution in [0, 0.1) is 0 Å². The number of aliphatic hydroxyl groups excluding tert-OH is 1. The lowest BCUT2D eigenvalue weighted by Gasteiger charge is -2.09. The summed E-state index contributed by atoms with van der Waals surface area (Å²) in [5.74, 6) is 0. The molecule has 102 valence electrons. The van der Waals surface area contributed by atoms with Gasteiger partial charge in [-0.05, 0) is 35.4 Å². The second kappa shape index (κ2) is 5.61. The predicted octanol–water partition coefficient (Wildman–Crippen LogP) is 3.78. The number of nitrogens with one attached hydrogen (secondary N) is 1. The van der Waals surface area contributed by atoms with Gasteiger partial charge in [0.05, 0.1) is 11.8 Å². The molecule has 2 atom stereocenters. The molecule has 1 aliphatic carbocycles. The van der Waals surface area contributed by atoms with Crippen LogP contribution in [-0.2, 0) is 6.42 Å². The molecule has 2 aromatic carbocycles. The molecule has 0 fully saturated rings. The Morgan fingerprint density at radius 3 is 2.65 bits per heavy atom. The minimum Gasteiger partial charge on any atom is -0.390 e. The van der Waals surface area contributed by atoms with E-state index in [0.717, 1.165) is 16.8 Å². The first-order chi connectivity index (χ1) is 9.74. The van der Waals surface area contributed by atoms with Crippen molar-refractivity contribution in [2.24, 2.45) is 10.3 Å². The van der Waals surface area contributed by atoms with Gasteiger partial charge in [-0.3, -0.25) is 5.43 Å². The zero-order chi connectivity index (χ0) is 13.9.